The molecule has 0 saturated heterocycles. The average molecular weight is 335 g/mol. The largest absolute Gasteiger partial charge is 0.497 e. The van der Waals surface area contributed by atoms with E-state index >= 15 is 0 Å². The van der Waals surface area contributed by atoms with E-state index in [1.807, 2.05) is 61.5 Å². The molecule has 2 aromatic carbocycles. The number of hydrogen-bond donors (Lipinski definition) is 2. The first-order valence-corrected chi connectivity index (χ1v) is 7.24. The summed E-state index contributed by atoms with van der Waals surface area (Å²) >= 11 is 0. The number of carbonyl (C=O) groups is 1. The highest BCUT2D eigenvalue weighted by molar-refractivity contribution is 5.87. The van der Waals surface area contributed by atoms with Gasteiger partial charge in [0.1, 0.15) is 11.3 Å². The van der Waals surface area contributed by atoms with Gasteiger partial charge in [-0.1, -0.05) is 42.5 Å². The van der Waals surface area contributed by atoms with Gasteiger partial charge in [-0.2, -0.15) is 0 Å². The number of hydrogen-bond acceptors (Lipinski definition) is 3. The van der Waals surface area contributed by atoms with Gasteiger partial charge >= 0.3 is 0 Å². The Bertz CT molecular complexity index is 627. The third kappa shape index (κ3) is 4.47. The Labute approximate surface area is 143 Å². The molecule has 0 spiro atoms. The number of ether oxygens (including phenoxy) is 1. The standard InChI is InChI=1S/C18H22N2O2.ClH/c1-13(14-9-11-16(22-3)12-10-14)20-17(21)18(2,19)15-7-5-4-6-8-15;/h4-13H,19H2,1-3H3,(H,20,21);1H. The number of halogens is 1. The van der Waals surface area contributed by atoms with Crippen LogP contribution in [0.5, 0.6) is 5.75 Å². The minimum absolute atomic E-state index is 0. The van der Waals surface area contributed by atoms with Crippen LogP contribution in [0.15, 0.2) is 54.6 Å². The van der Waals surface area contributed by atoms with Crippen LogP contribution in [-0.4, -0.2) is 13.0 Å². The summed E-state index contributed by atoms with van der Waals surface area (Å²) in [5, 5.41) is 2.97. The molecule has 23 heavy (non-hydrogen) atoms. The molecule has 4 nitrogen and oxygen atoms in total. The van der Waals surface area contributed by atoms with E-state index in [1.54, 1.807) is 14.0 Å². The minimum Gasteiger partial charge on any atom is -0.497 e. The van der Waals surface area contributed by atoms with Crippen LogP contribution in [0.4, 0.5) is 0 Å². The molecule has 124 valence electrons. The zero-order valence-electron chi connectivity index (χ0n) is 13.6. The molecule has 2 aromatic rings. The summed E-state index contributed by atoms with van der Waals surface area (Å²) in [5.74, 6) is 0.581. The van der Waals surface area contributed by atoms with Crippen molar-refractivity contribution in [2.45, 2.75) is 25.4 Å². The molecule has 2 atom stereocenters. The van der Waals surface area contributed by atoms with Crippen LogP contribution in [0, 0.1) is 0 Å². The second-order valence-electron chi connectivity index (χ2n) is 5.54. The Morgan fingerprint density at radius 2 is 1.70 bits per heavy atom. The molecule has 0 aliphatic heterocycles. The fourth-order valence-corrected chi connectivity index (χ4v) is 2.24. The van der Waals surface area contributed by atoms with E-state index < -0.39 is 5.54 Å². The summed E-state index contributed by atoms with van der Waals surface area (Å²) < 4.78 is 5.13. The maximum atomic E-state index is 12.5. The first-order valence-electron chi connectivity index (χ1n) is 7.24. The topological polar surface area (TPSA) is 64.3 Å². The van der Waals surface area contributed by atoms with Gasteiger partial charge < -0.3 is 15.8 Å². The lowest BCUT2D eigenvalue weighted by Gasteiger charge is -2.26. The normalized spacial score (nSPS) is 14.1. The monoisotopic (exact) mass is 334 g/mol. The van der Waals surface area contributed by atoms with Crippen molar-refractivity contribution < 1.29 is 9.53 Å². The molecule has 0 aliphatic rings. The molecule has 1 amide bonds. The molecule has 0 bridgehead atoms. The van der Waals surface area contributed by atoms with Crippen LogP contribution < -0.4 is 15.8 Å². The lowest BCUT2D eigenvalue weighted by Crippen LogP contribution is -2.49. The molecule has 0 radical (unpaired) electrons. The van der Waals surface area contributed by atoms with Crippen LogP contribution in [0.25, 0.3) is 0 Å². The summed E-state index contributed by atoms with van der Waals surface area (Å²) in [7, 11) is 1.62. The Morgan fingerprint density at radius 1 is 1.13 bits per heavy atom. The van der Waals surface area contributed by atoms with E-state index in [1.165, 1.54) is 0 Å². The summed E-state index contributed by atoms with van der Waals surface area (Å²) in [6, 6.07) is 16.8. The number of nitrogens with two attached hydrogens (primary N) is 1. The van der Waals surface area contributed by atoms with E-state index in [0.29, 0.717) is 0 Å². The summed E-state index contributed by atoms with van der Waals surface area (Å²) in [4.78, 5) is 12.5. The highest BCUT2D eigenvalue weighted by Gasteiger charge is 2.31. The lowest BCUT2D eigenvalue weighted by atomic mass is 9.91. The van der Waals surface area contributed by atoms with Crippen molar-refractivity contribution in [2.24, 2.45) is 5.73 Å². The maximum Gasteiger partial charge on any atom is 0.244 e. The van der Waals surface area contributed by atoms with Crippen molar-refractivity contribution in [3.05, 3.63) is 65.7 Å². The van der Waals surface area contributed by atoms with Crippen LogP contribution in [0.2, 0.25) is 0 Å². The molecular formula is C18H23ClN2O2. The maximum absolute atomic E-state index is 12.5. The van der Waals surface area contributed by atoms with Gasteiger partial charge in [0.15, 0.2) is 0 Å². The van der Waals surface area contributed by atoms with Crippen molar-refractivity contribution in [3.63, 3.8) is 0 Å². The number of benzene rings is 2. The van der Waals surface area contributed by atoms with Gasteiger partial charge in [0.25, 0.3) is 0 Å². The molecule has 5 heteroatoms. The molecule has 0 aliphatic carbocycles. The first kappa shape index (κ1) is 19.0. The SMILES string of the molecule is COc1ccc(C(C)NC(=O)C(C)(N)c2ccccc2)cc1.Cl. The third-order valence-electron chi connectivity index (χ3n) is 3.81. The van der Waals surface area contributed by atoms with Crippen molar-refractivity contribution in [1.82, 2.24) is 5.32 Å². The van der Waals surface area contributed by atoms with Gasteiger partial charge in [0.2, 0.25) is 5.91 Å². The predicted molar refractivity (Wildman–Crippen MR) is 94.8 cm³/mol. The van der Waals surface area contributed by atoms with Crippen molar-refractivity contribution in [1.29, 1.82) is 0 Å². The van der Waals surface area contributed by atoms with Gasteiger partial charge in [-0.05, 0) is 37.1 Å². The molecule has 0 aromatic heterocycles. The highest BCUT2D eigenvalue weighted by atomic mass is 35.5. The fraction of sp³-hybridized carbons (Fsp3) is 0.278. The zero-order valence-corrected chi connectivity index (χ0v) is 14.4. The quantitative estimate of drug-likeness (QED) is 0.882. The van der Waals surface area contributed by atoms with Gasteiger partial charge in [-0.25, -0.2) is 0 Å². The van der Waals surface area contributed by atoms with Crippen LogP contribution in [0.1, 0.15) is 31.0 Å². The summed E-state index contributed by atoms with van der Waals surface area (Å²) in [6.07, 6.45) is 0. The van der Waals surface area contributed by atoms with Gasteiger partial charge in [-0.15, -0.1) is 12.4 Å². The Morgan fingerprint density at radius 3 is 2.22 bits per heavy atom. The van der Waals surface area contributed by atoms with Gasteiger partial charge in [-0.3, -0.25) is 4.79 Å². The van der Waals surface area contributed by atoms with E-state index in [9.17, 15) is 4.79 Å². The Hall–Kier alpha value is -2.04. The van der Waals surface area contributed by atoms with E-state index in [2.05, 4.69) is 5.32 Å². The van der Waals surface area contributed by atoms with Crippen LogP contribution >= 0.6 is 12.4 Å². The molecule has 2 unspecified atom stereocenters. The zero-order chi connectivity index (χ0) is 16.2. The van der Waals surface area contributed by atoms with Crippen molar-refractivity contribution in [2.75, 3.05) is 7.11 Å². The highest BCUT2D eigenvalue weighted by Crippen LogP contribution is 2.21. The van der Waals surface area contributed by atoms with Gasteiger partial charge in [0, 0.05) is 0 Å². The fourth-order valence-electron chi connectivity index (χ4n) is 2.24. The molecule has 3 N–H and O–H groups in total. The first-order chi connectivity index (χ1) is 10.4. The third-order valence-corrected chi connectivity index (χ3v) is 3.81. The van der Waals surface area contributed by atoms with Crippen LogP contribution in [0.3, 0.4) is 0 Å². The number of nitrogens with one attached hydrogen (secondary N) is 1. The summed E-state index contributed by atoms with van der Waals surface area (Å²) in [5.41, 5.74) is 6.94. The van der Waals surface area contributed by atoms with Gasteiger partial charge in [0.05, 0.1) is 13.2 Å². The number of rotatable bonds is 5. The Balaban J connectivity index is 0.00000264. The van der Waals surface area contributed by atoms with E-state index in [4.69, 9.17) is 10.5 Å². The predicted octanol–water partition coefficient (Wildman–Crippen LogP) is 3.17. The molecule has 0 fully saturated rings. The number of amides is 1. The van der Waals surface area contributed by atoms with E-state index in [-0.39, 0.29) is 24.4 Å². The minimum atomic E-state index is -1.07. The summed E-state index contributed by atoms with van der Waals surface area (Å²) in [6.45, 7) is 3.65. The second-order valence-corrected chi connectivity index (χ2v) is 5.54. The molecule has 2 rings (SSSR count). The number of carbonyl (C=O) groups excluding carboxylic acids is 1. The van der Waals surface area contributed by atoms with Crippen molar-refractivity contribution >= 4 is 18.3 Å². The second kappa shape index (κ2) is 7.99. The molecule has 0 saturated carbocycles. The molecule has 0 heterocycles. The van der Waals surface area contributed by atoms with Crippen molar-refractivity contribution in [3.8, 4) is 5.75 Å². The lowest BCUT2D eigenvalue weighted by molar-refractivity contribution is -0.126. The average Bonchev–Trinajstić information content (AvgIpc) is 2.55. The smallest absolute Gasteiger partial charge is 0.244 e. The number of methoxy groups -OCH3 is 1. The Kier molecular flexibility index (Phi) is 6.61. The molecular weight excluding hydrogens is 312 g/mol. The van der Waals surface area contributed by atoms with Crippen LogP contribution in [-0.2, 0) is 10.3 Å². The van der Waals surface area contributed by atoms with E-state index in [0.717, 1.165) is 16.9 Å².